The highest BCUT2D eigenvalue weighted by molar-refractivity contribution is 7.11. The number of nitrogens with two attached hydrogens (primary N) is 1. The van der Waals surface area contributed by atoms with Crippen molar-refractivity contribution in [1.29, 1.82) is 0 Å². The highest BCUT2D eigenvalue weighted by Gasteiger charge is 2.38. The quantitative estimate of drug-likeness (QED) is 0.892. The molecule has 102 valence electrons. The maximum absolute atomic E-state index is 6.40. The molecule has 0 aliphatic carbocycles. The standard InChI is InChI=1S/C14H23NO2S/c1-3-11-4-5-12(18-11)10-13(15)14(16-2)6-8-17-9-7-14/h4-5,13H,3,6-10,15H2,1-2H3. The lowest BCUT2D eigenvalue weighted by Crippen LogP contribution is -2.53. The first-order valence-electron chi connectivity index (χ1n) is 6.66. The van der Waals surface area contributed by atoms with Crippen LogP contribution in [-0.2, 0) is 22.3 Å². The Balaban J connectivity index is 2.02. The Morgan fingerprint density at radius 2 is 2.06 bits per heavy atom. The topological polar surface area (TPSA) is 44.5 Å². The van der Waals surface area contributed by atoms with E-state index in [9.17, 15) is 0 Å². The fourth-order valence-electron chi connectivity index (χ4n) is 2.57. The van der Waals surface area contributed by atoms with Crippen LogP contribution in [0.2, 0.25) is 0 Å². The van der Waals surface area contributed by atoms with Crippen LogP contribution in [0.4, 0.5) is 0 Å². The highest BCUT2D eigenvalue weighted by Crippen LogP contribution is 2.30. The summed E-state index contributed by atoms with van der Waals surface area (Å²) in [4.78, 5) is 2.79. The number of hydrogen-bond donors (Lipinski definition) is 1. The molecule has 0 spiro atoms. The molecule has 2 rings (SSSR count). The van der Waals surface area contributed by atoms with Crippen LogP contribution in [0.1, 0.15) is 29.5 Å². The number of ether oxygens (including phenoxy) is 2. The lowest BCUT2D eigenvalue weighted by molar-refractivity contribution is -0.103. The summed E-state index contributed by atoms with van der Waals surface area (Å²) in [6, 6.07) is 4.46. The molecular formula is C14H23NO2S. The van der Waals surface area contributed by atoms with E-state index < -0.39 is 0 Å². The van der Waals surface area contributed by atoms with Crippen molar-refractivity contribution in [3.63, 3.8) is 0 Å². The Labute approximate surface area is 113 Å². The number of rotatable bonds is 5. The first-order chi connectivity index (χ1) is 8.70. The van der Waals surface area contributed by atoms with Crippen molar-refractivity contribution in [3.05, 3.63) is 21.9 Å². The fourth-order valence-corrected chi connectivity index (χ4v) is 3.58. The molecule has 1 aliphatic rings. The summed E-state index contributed by atoms with van der Waals surface area (Å²) < 4.78 is 11.2. The monoisotopic (exact) mass is 269 g/mol. The van der Waals surface area contributed by atoms with Gasteiger partial charge in [0.15, 0.2) is 0 Å². The fraction of sp³-hybridized carbons (Fsp3) is 0.714. The van der Waals surface area contributed by atoms with Crippen molar-refractivity contribution >= 4 is 11.3 Å². The molecule has 18 heavy (non-hydrogen) atoms. The average Bonchev–Trinajstić information content (AvgIpc) is 2.87. The third kappa shape index (κ3) is 2.94. The number of methoxy groups -OCH3 is 1. The van der Waals surface area contributed by atoms with Gasteiger partial charge in [0, 0.05) is 49.0 Å². The van der Waals surface area contributed by atoms with E-state index in [0.29, 0.717) is 0 Å². The SMILES string of the molecule is CCc1ccc(CC(N)C2(OC)CCOCC2)s1. The molecule has 1 fully saturated rings. The van der Waals surface area contributed by atoms with Crippen molar-refractivity contribution in [2.24, 2.45) is 5.73 Å². The molecule has 4 heteroatoms. The maximum atomic E-state index is 6.40. The van der Waals surface area contributed by atoms with Crippen LogP contribution < -0.4 is 5.73 Å². The van der Waals surface area contributed by atoms with E-state index in [4.69, 9.17) is 15.2 Å². The normalized spacial score (nSPS) is 20.8. The second-order valence-electron chi connectivity index (χ2n) is 4.91. The number of thiophene rings is 1. The van der Waals surface area contributed by atoms with Gasteiger partial charge in [-0.3, -0.25) is 0 Å². The molecule has 1 aliphatic heterocycles. The first-order valence-corrected chi connectivity index (χ1v) is 7.48. The van der Waals surface area contributed by atoms with Crippen LogP contribution in [0, 0.1) is 0 Å². The summed E-state index contributed by atoms with van der Waals surface area (Å²) in [5, 5.41) is 0. The van der Waals surface area contributed by atoms with Crippen LogP contribution in [0.5, 0.6) is 0 Å². The second kappa shape index (κ2) is 6.15. The predicted molar refractivity (Wildman–Crippen MR) is 75.2 cm³/mol. The van der Waals surface area contributed by atoms with Gasteiger partial charge in [0.25, 0.3) is 0 Å². The largest absolute Gasteiger partial charge is 0.381 e. The molecule has 1 atom stereocenters. The third-order valence-corrected chi connectivity index (χ3v) is 5.16. The predicted octanol–water partition coefficient (Wildman–Crippen LogP) is 2.38. The van der Waals surface area contributed by atoms with Gasteiger partial charge in [-0.15, -0.1) is 11.3 Å². The average molecular weight is 269 g/mol. The highest BCUT2D eigenvalue weighted by atomic mass is 32.1. The molecule has 2 heterocycles. The molecule has 0 aromatic carbocycles. The minimum atomic E-state index is -0.200. The molecule has 1 unspecified atom stereocenters. The first kappa shape index (κ1) is 14.0. The Morgan fingerprint density at radius 1 is 1.39 bits per heavy atom. The molecule has 1 aromatic rings. The van der Waals surface area contributed by atoms with Crippen molar-refractivity contribution in [2.75, 3.05) is 20.3 Å². The van der Waals surface area contributed by atoms with Crippen LogP contribution in [0.3, 0.4) is 0 Å². The molecule has 0 radical (unpaired) electrons. The van der Waals surface area contributed by atoms with Crippen molar-refractivity contribution in [1.82, 2.24) is 0 Å². The van der Waals surface area contributed by atoms with Crippen molar-refractivity contribution < 1.29 is 9.47 Å². The van der Waals surface area contributed by atoms with E-state index in [1.807, 2.05) is 11.3 Å². The van der Waals surface area contributed by atoms with Gasteiger partial charge in [0.05, 0.1) is 5.60 Å². The van der Waals surface area contributed by atoms with E-state index in [0.717, 1.165) is 38.9 Å². The molecular weight excluding hydrogens is 246 g/mol. The van der Waals surface area contributed by atoms with Gasteiger partial charge in [-0.25, -0.2) is 0 Å². The molecule has 1 saturated heterocycles. The number of aryl methyl sites for hydroxylation is 1. The minimum Gasteiger partial charge on any atom is -0.381 e. The second-order valence-corrected chi connectivity index (χ2v) is 6.17. The summed E-state index contributed by atoms with van der Waals surface area (Å²) in [6.07, 6.45) is 3.80. The van der Waals surface area contributed by atoms with Gasteiger partial charge in [-0.2, -0.15) is 0 Å². The molecule has 2 N–H and O–H groups in total. The van der Waals surface area contributed by atoms with Crippen LogP contribution >= 0.6 is 11.3 Å². The van der Waals surface area contributed by atoms with Crippen molar-refractivity contribution in [2.45, 2.75) is 44.2 Å². The minimum absolute atomic E-state index is 0.0507. The zero-order valence-corrected chi connectivity index (χ0v) is 12.1. The summed E-state index contributed by atoms with van der Waals surface area (Å²) in [5.74, 6) is 0. The Kier molecular flexibility index (Phi) is 4.78. The summed E-state index contributed by atoms with van der Waals surface area (Å²) in [6.45, 7) is 3.70. The summed E-state index contributed by atoms with van der Waals surface area (Å²) >= 11 is 1.87. The van der Waals surface area contributed by atoms with Gasteiger partial charge in [0.2, 0.25) is 0 Å². The third-order valence-electron chi connectivity index (χ3n) is 3.91. The zero-order valence-electron chi connectivity index (χ0n) is 11.3. The van der Waals surface area contributed by atoms with Gasteiger partial charge in [-0.05, 0) is 25.0 Å². The Bertz CT molecular complexity index is 372. The lowest BCUT2D eigenvalue weighted by atomic mass is 9.84. The maximum Gasteiger partial charge on any atom is 0.0876 e. The molecule has 3 nitrogen and oxygen atoms in total. The molecule has 0 amide bonds. The number of hydrogen-bond acceptors (Lipinski definition) is 4. The Hall–Kier alpha value is -0.420. The van der Waals surface area contributed by atoms with Crippen LogP contribution in [0.25, 0.3) is 0 Å². The summed E-state index contributed by atoms with van der Waals surface area (Å²) in [5.41, 5.74) is 6.20. The van der Waals surface area contributed by atoms with Gasteiger partial charge < -0.3 is 15.2 Å². The van der Waals surface area contributed by atoms with Gasteiger partial charge >= 0.3 is 0 Å². The molecule has 0 saturated carbocycles. The summed E-state index contributed by atoms with van der Waals surface area (Å²) in [7, 11) is 1.77. The molecule has 1 aromatic heterocycles. The molecule has 0 bridgehead atoms. The zero-order chi connectivity index (χ0) is 13.0. The van der Waals surface area contributed by atoms with Gasteiger partial charge in [0.1, 0.15) is 0 Å². The van der Waals surface area contributed by atoms with E-state index in [1.165, 1.54) is 9.75 Å². The van der Waals surface area contributed by atoms with E-state index in [2.05, 4.69) is 19.1 Å². The Morgan fingerprint density at radius 3 is 2.61 bits per heavy atom. The van der Waals surface area contributed by atoms with Crippen LogP contribution in [-0.4, -0.2) is 32.0 Å². The smallest absolute Gasteiger partial charge is 0.0876 e. The van der Waals surface area contributed by atoms with Gasteiger partial charge in [-0.1, -0.05) is 6.92 Å². The lowest BCUT2D eigenvalue weighted by Gasteiger charge is -2.40. The van der Waals surface area contributed by atoms with Crippen LogP contribution in [0.15, 0.2) is 12.1 Å². The van der Waals surface area contributed by atoms with E-state index >= 15 is 0 Å². The van der Waals surface area contributed by atoms with E-state index in [1.54, 1.807) is 7.11 Å². The van der Waals surface area contributed by atoms with E-state index in [-0.39, 0.29) is 11.6 Å². The van der Waals surface area contributed by atoms with Crippen molar-refractivity contribution in [3.8, 4) is 0 Å².